The number of halogens is 2. The molecule has 0 fully saturated rings. The molecule has 0 aliphatic rings. The maximum absolute atomic E-state index is 12.7. The van der Waals surface area contributed by atoms with Gasteiger partial charge in [-0.1, -0.05) is 0 Å². The van der Waals surface area contributed by atoms with Crippen molar-refractivity contribution in [3.8, 4) is 0 Å². The number of nitrogens with one attached hydrogen (secondary N) is 2. The second-order valence-electron chi connectivity index (χ2n) is 2.08. The highest BCUT2D eigenvalue weighted by molar-refractivity contribution is 5.87. The molecule has 2 amide bonds. The molecule has 0 heterocycles. The minimum absolute atomic E-state index is 0.198. The lowest BCUT2D eigenvalue weighted by molar-refractivity contribution is 0.258. The number of carbonyl (C=O) groups is 1. The van der Waals surface area contributed by atoms with E-state index in [9.17, 15) is 13.6 Å². The number of amides is 2. The molecular formula is C7H5F2N2O. The Morgan fingerprint density at radius 1 is 1.42 bits per heavy atom. The second kappa shape index (κ2) is 3.17. The van der Waals surface area contributed by atoms with Gasteiger partial charge in [-0.3, -0.25) is 0 Å². The van der Waals surface area contributed by atoms with Gasteiger partial charge in [0, 0.05) is 6.07 Å². The minimum Gasteiger partial charge on any atom is -0.304 e. The molecule has 1 radical (unpaired) electrons. The standard InChI is InChI=1S/C7H5F2N2O/c8-4-1-2-6(5(9)3-4)11-7(10)12/h1-3,10H,(H,11,12). The molecule has 0 aliphatic heterocycles. The summed E-state index contributed by atoms with van der Waals surface area (Å²) in [7, 11) is 0. The average Bonchev–Trinajstić information content (AvgIpc) is 1.94. The molecule has 2 N–H and O–H groups in total. The summed E-state index contributed by atoms with van der Waals surface area (Å²) < 4.78 is 25.0. The van der Waals surface area contributed by atoms with Gasteiger partial charge in [-0.2, -0.15) is 0 Å². The third kappa shape index (κ3) is 1.91. The normalized spacial score (nSPS) is 9.50. The summed E-state index contributed by atoms with van der Waals surface area (Å²) >= 11 is 0. The van der Waals surface area contributed by atoms with Crippen molar-refractivity contribution in [3.63, 3.8) is 0 Å². The predicted octanol–water partition coefficient (Wildman–Crippen LogP) is 1.78. The highest BCUT2D eigenvalue weighted by Gasteiger charge is 2.04. The third-order valence-electron chi connectivity index (χ3n) is 1.18. The van der Waals surface area contributed by atoms with Gasteiger partial charge < -0.3 is 5.32 Å². The maximum Gasteiger partial charge on any atom is 0.338 e. The van der Waals surface area contributed by atoms with Crippen molar-refractivity contribution in [1.29, 1.82) is 0 Å². The van der Waals surface area contributed by atoms with Crippen LogP contribution in [0, 0.1) is 11.6 Å². The van der Waals surface area contributed by atoms with Gasteiger partial charge in [0.05, 0.1) is 5.69 Å². The molecule has 0 saturated heterocycles. The van der Waals surface area contributed by atoms with Crippen molar-refractivity contribution in [2.75, 3.05) is 5.32 Å². The molecule has 0 aromatic heterocycles. The van der Waals surface area contributed by atoms with Crippen LogP contribution in [-0.2, 0) is 0 Å². The van der Waals surface area contributed by atoms with Gasteiger partial charge in [0.2, 0.25) is 0 Å². The first-order valence-electron chi connectivity index (χ1n) is 3.07. The minimum atomic E-state index is -1.14. The van der Waals surface area contributed by atoms with Gasteiger partial charge in [-0.05, 0) is 12.1 Å². The molecule has 1 rings (SSSR count). The Hall–Kier alpha value is -1.65. The first-order chi connectivity index (χ1) is 5.59. The summed E-state index contributed by atoms with van der Waals surface area (Å²) in [6.07, 6.45) is 0. The maximum atomic E-state index is 12.7. The van der Waals surface area contributed by atoms with Gasteiger partial charge in [0.1, 0.15) is 11.6 Å². The van der Waals surface area contributed by atoms with Crippen LogP contribution in [0.5, 0.6) is 0 Å². The van der Waals surface area contributed by atoms with Crippen molar-refractivity contribution in [3.05, 3.63) is 29.8 Å². The van der Waals surface area contributed by atoms with E-state index in [1.54, 1.807) is 0 Å². The Balaban J connectivity index is 2.93. The van der Waals surface area contributed by atoms with Crippen LogP contribution in [0.1, 0.15) is 0 Å². The summed E-state index contributed by atoms with van der Waals surface area (Å²) in [6, 6.07) is 1.54. The summed E-state index contributed by atoms with van der Waals surface area (Å²) in [5.41, 5.74) is 6.26. The molecular weight excluding hydrogens is 166 g/mol. The zero-order chi connectivity index (χ0) is 9.14. The number of rotatable bonds is 1. The van der Waals surface area contributed by atoms with Gasteiger partial charge in [0.15, 0.2) is 0 Å². The molecule has 1 aromatic carbocycles. The zero-order valence-electron chi connectivity index (χ0n) is 5.90. The lowest BCUT2D eigenvalue weighted by Crippen LogP contribution is -2.10. The van der Waals surface area contributed by atoms with Crippen LogP contribution in [0.2, 0.25) is 0 Å². The summed E-state index contributed by atoms with van der Waals surface area (Å²) in [5.74, 6) is -1.62. The van der Waals surface area contributed by atoms with E-state index in [0.29, 0.717) is 6.07 Å². The molecule has 5 heteroatoms. The highest BCUT2D eigenvalue weighted by atomic mass is 19.1. The summed E-state index contributed by atoms with van der Waals surface area (Å²) in [6.45, 7) is 0. The van der Waals surface area contributed by atoms with Gasteiger partial charge >= 0.3 is 6.03 Å². The van der Waals surface area contributed by atoms with Gasteiger partial charge in [0.25, 0.3) is 0 Å². The van der Waals surface area contributed by atoms with Crippen LogP contribution < -0.4 is 11.1 Å². The molecule has 0 spiro atoms. The number of hydrogen-bond donors (Lipinski definition) is 1. The number of anilines is 1. The predicted molar refractivity (Wildman–Crippen MR) is 38.5 cm³/mol. The quantitative estimate of drug-likeness (QED) is 0.687. The monoisotopic (exact) mass is 171 g/mol. The Morgan fingerprint density at radius 2 is 2.08 bits per heavy atom. The van der Waals surface area contributed by atoms with Crippen molar-refractivity contribution < 1.29 is 13.6 Å². The highest BCUT2D eigenvalue weighted by Crippen LogP contribution is 2.14. The Morgan fingerprint density at radius 3 is 2.58 bits per heavy atom. The van der Waals surface area contributed by atoms with E-state index in [1.807, 2.05) is 5.32 Å². The smallest absolute Gasteiger partial charge is 0.304 e. The van der Waals surface area contributed by atoms with Crippen LogP contribution >= 0.6 is 0 Å². The fraction of sp³-hybridized carbons (Fsp3) is 0. The second-order valence-corrected chi connectivity index (χ2v) is 2.08. The van der Waals surface area contributed by atoms with Crippen molar-refractivity contribution in [2.45, 2.75) is 0 Å². The number of urea groups is 1. The molecule has 0 unspecified atom stereocenters. The SMILES string of the molecule is [NH]C(=O)Nc1ccc(F)cc1F. The number of carbonyl (C=O) groups excluding carboxylic acids is 1. The van der Waals surface area contributed by atoms with Crippen LogP contribution in [0.4, 0.5) is 19.3 Å². The van der Waals surface area contributed by atoms with Gasteiger partial charge in [-0.15, -0.1) is 0 Å². The molecule has 3 nitrogen and oxygen atoms in total. The fourth-order valence-electron chi connectivity index (χ4n) is 0.713. The van der Waals surface area contributed by atoms with E-state index in [1.165, 1.54) is 0 Å². The molecule has 63 valence electrons. The zero-order valence-corrected chi connectivity index (χ0v) is 5.90. The third-order valence-corrected chi connectivity index (χ3v) is 1.18. The van der Waals surface area contributed by atoms with E-state index in [-0.39, 0.29) is 5.69 Å². The number of benzene rings is 1. The van der Waals surface area contributed by atoms with Crippen LogP contribution in [-0.4, -0.2) is 6.03 Å². The van der Waals surface area contributed by atoms with E-state index in [0.717, 1.165) is 12.1 Å². The molecule has 12 heavy (non-hydrogen) atoms. The summed E-state index contributed by atoms with van der Waals surface area (Å²) in [5, 5.41) is 1.89. The van der Waals surface area contributed by atoms with E-state index in [2.05, 4.69) is 0 Å². The van der Waals surface area contributed by atoms with E-state index in [4.69, 9.17) is 5.73 Å². The first-order valence-corrected chi connectivity index (χ1v) is 3.07. The number of hydrogen-bond acceptors (Lipinski definition) is 1. The summed E-state index contributed by atoms with van der Waals surface area (Å²) in [4.78, 5) is 10.1. The van der Waals surface area contributed by atoms with Crippen LogP contribution in [0.3, 0.4) is 0 Å². The van der Waals surface area contributed by atoms with Crippen molar-refractivity contribution >= 4 is 11.7 Å². The molecule has 0 saturated carbocycles. The topological polar surface area (TPSA) is 52.9 Å². The molecule has 0 bridgehead atoms. The Bertz CT molecular complexity index is 314. The fourth-order valence-corrected chi connectivity index (χ4v) is 0.713. The first kappa shape index (κ1) is 8.45. The van der Waals surface area contributed by atoms with Crippen molar-refractivity contribution in [1.82, 2.24) is 5.73 Å². The van der Waals surface area contributed by atoms with Crippen molar-refractivity contribution in [2.24, 2.45) is 0 Å². The Labute approximate surface area is 67.2 Å². The van der Waals surface area contributed by atoms with E-state index < -0.39 is 17.7 Å². The molecule has 0 aliphatic carbocycles. The van der Waals surface area contributed by atoms with Crippen LogP contribution in [0.15, 0.2) is 18.2 Å². The Kier molecular flexibility index (Phi) is 2.23. The van der Waals surface area contributed by atoms with Crippen LogP contribution in [0.25, 0.3) is 0 Å². The average molecular weight is 171 g/mol. The largest absolute Gasteiger partial charge is 0.338 e. The lowest BCUT2D eigenvalue weighted by Gasteiger charge is -2.01. The lowest BCUT2D eigenvalue weighted by atomic mass is 10.3. The molecule has 1 aromatic rings. The van der Waals surface area contributed by atoms with E-state index >= 15 is 0 Å². The van der Waals surface area contributed by atoms with Gasteiger partial charge in [-0.25, -0.2) is 19.3 Å². The molecule has 0 atom stereocenters.